The number of aryl methyl sites for hydroxylation is 3. The maximum absolute atomic E-state index is 13.4. The van der Waals surface area contributed by atoms with Crippen molar-refractivity contribution < 1.29 is 4.79 Å². The second kappa shape index (κ2) is 11.3. The number of hydrogen-bond donors (Lipinski definition) is 4. The Hall–Kier alpha value is -3.52. The number of rotatable bonds is 7. The van der Waals surface area contributed by atoms with E-state index in [1.54, 1.807) is 12.4 Å². The average Bonchev–Trinajstić information content (AvgIpc) is 2.85. The summed E-state index contributed by atoms with van der Waals surface area (Å²) in [5.41, 5.74) is 12.8. The fraction of sp³-hybridized carbons (Fsp3) is 0.448. The van der Waals surface area contributed by atoms with E-state index < -0.39 is 0 Å². The summed E-state index contributed by atoms with van der Waals surface area (Å²) >= 11 is 0. The molecule has 3 aromatic rings. The number of pyridine rings is 1. The zero-order valence-electron chi connectivity index (χ0n) is 22.4. The Morgan fingerprint density at radius 2 is 1.81 bits per heavy atom. The largest absolute Gasteiger partial charge is 0.382 e. The first-order chi connectivity index (χ1) is 17.6. The Balaban J connectivity index is 1.64. The second-order valence-corrected chi connectivity index (χ2v) is 10.5. The Morgan fingerprint density at radius 3 is 2.46 bits per heavy atom. The maximum Gasteiger partial charge on any atom is 0.253 e. The van der Waals surface area contributed by atoms with Gasteiger partial charge < -0.3 is 21.4 Å². The van der Waals surface area contributed by atoms with Crippen molar-refractivity contribution in [3.05, 3.63) is 74.6 Å². The van der Waals surface area contributed by atoms with Crippen LogP contribution >= 0.6 is 0 Å². The number of H-pyrrole nitrogens is 1. The highest BCUT2D eigenvalue weighted by molar-refractivity contribution is 5.98. The summed E-state index contributed by atoms with van der Waals surface area (Å²) in [5.74, 6) is 0.286. The Morgan fingerprint density at radius 1 is 1.08 bits per heavy atom. The molecule has 37 heavy (non-hydrogen) atoms. The lowest BCUT2D eigenvalue weighted by Gasteiger charge is -2.32. The number of nitrogens with one attached hydrogen (secondary N) is 3. The van der Waals surface area contributed by atoms with E-state index >= 15 is 0 Å². The third-order valence-electron chi connectivity index (χ3n) is 7.56. The maximum atomic E-state index is 13.4. The van der Waals surface area contributed by atoms with Crippen LogP contribution in [0.5, 0.6) is 0 Å². The van der Waals surface area contributed by atoms with Crippen molar-refractivity contribution in [3.63, 3.8) is 0 Å². The molecule has 4 rings (SSSR count). The minimum absolute atomic E-state index is 0.149. The van der Waals surface area contributed by atoms with Gasteiger partial charge >= 0.3 is 0 Å². The molecule has 1 fully saturated rings. The average molecular weight is 503 g/mol. The minimum atomic E-state index is -0.238. The van der Waals surface area contributed by atoms with Crippen molar-refractivity contribution >= 4 is 11.6 Å². The van der Waals surface area contributed by atoms with Crippen molar-refractivity contribution in [2.75, 3.05) is 5.32 Å². The number of aromatic nitrogens is 3. The van der Waals surface area contributed by atoms with E-state index in [-0.39, 0.29) is 24.1 Å². The molecule has 1 aliphatic carbocycles. The van der Waals surface area contributed by atoms with Gasteiger partial charge in [0.05, 0.1) is 17.6 Å². The molecule has 8 nitrogen and oxygen atoms in total. The summed E-state index contributed by atoms with van der Waals surface area (Å²) in [6.07, 6.45) is 7.72. The lowest BCUT2D eigenvalue weighted by molar-refractivity contribution is 0.0950. The number of nitrogens with zero attached hydrogens (tertiary/aromatic N) is 2. The van der Waals surface area contributed by atoms with Crippen LogP contribution in [0.1, 0.15) is 71.0 Å². The smallest absolute Gasteiger partial charge is 0.253 e. The van der Waals surface area contributed by atoms with Crippen molar-refractivity contribution in [2.24, 2.45) is 11.7 Å². The van der Waals surface area contributed by atoms with Gasteiger partial charge in [0.15, 0.2) is 0 Å². The lowest BCUT2D eigenvalue weighted by atomic mass is 9.82. The quantitative estimate of drug-likeness (QED) is 0.381. The van der Waals surface area contributed by atoms with Crippen molar-refractivity contribution in [2.45, 2.75) is 78.9 Å². The monoisotopic (exact) mass is 502 g/mol. The molecule has 1 aromatic carbocycles. The van der Waals surface area contributed by atoms with Gasteiger partial charge in [0, 0.05) is 52.9 Å². The zero-order chi connectivity index (χ0) is 26.7. The zero-order valence-corrected chi connectivity index (χ0v) is 22.4. The molecule has 1 amide bonds. The van der Waals surface area contributed by atoms with E-state index in [1.807, 2.05) is 45.9 Å². The highest BCUT2D eigenvalue weighted by atomic mass is 16.1. The van der Waals surface area contributed by atoms with Gasteiger partial charge in [-0.15, -0.1) is 0 Å². The number of benzene rings is 1. The van der Waals surface area contributed by atoms with Crippen LogP contribution in [-0.4, -0.2) is 32.9 Å². The Labute approximate surface area is 218 Å². The molecule has 2 aromatic heterocycles. The van der Waals surface area contributed by atoms with Crippen LogP contribution in [0.25, 0.3) is 11.3 Å². The number of hydrogen-bond acceptors (Lipinski definition) is 6. The standard InChI is InChI=1S/C29H38N6O2/c1-16-10-17(2)34-29(37)25(16)14-33-28(36)24-11-22(27-15-31-18(3)13-32-27)12-26(19(24)4)35-20(5)21-6-8-23(30)9-7-21/h10-13,15,20-21,23,35H,6-9,14,30H2,1-5H3,(H,33,36)(H,34,37). The van der Waals surface area contributed by atoms with E-state index in [1.165, 1.54) is 0 Å². The molecule has 5 N–H and O–H groups in total. The van der Waals surface area contributed by atoms with Crippen molar-refractivity contribution in [3.8, 4) is 11.3 Å². The van der Waals surface area contributed by atoms with Crippen LogP contribution in [-0.2, 0) is 6.54 Å². The minimum Gasteiger partial charge on any atom is -0.382 e. The van der Waals surface area contributed by atoms with E-state index in [0.717, 1.165) is 59.4 Å². The number of carbonyl (C=O) groups is 1. The SMILES string of the molecule is Cc1cnc(-c2cc(NC(C)C3CCC(N)CC3)c(C)c(C(=O)NCc3c(C)cc(C)[nH]c3=O)c2)cn1. The van der Waals surface area contributed by atoms with Crippen LogP contribution in [0.2, 0.25) is 0 Å². The topological polar surface area (TPSA) is 126 Å². The lowest BCUT2D eigenvalue weighted by Crippen LogP contribution is -2.34. The fourth-order valence-corrected chi connectivity index (χ4v) is 5.16. The number of aromatic amines is 1. The van der Waals surface area contributed by atoms with Gasteiger partial charge in [0.1, 0.15) is 0 Å². The molecule has 1 atom stereocenters. The number of anilines is 1. The molecule has 0 spiro atoms. The Bertz CT molecular complexity index is 1320. The van der Waals surface area contributed by atoms with E-state index in [4.69, 9.17) is 5.73 Å². The summed E-state index contributed by atoms with van der Waals surface area (Å²) < 4.78 is 0. The molecule has 0 saturated heterocycles. The molecular formula is C29H38N6O2. The summed E-state index contributed by atoms with van der Waals surface area (Å²) in [5, 5.41) is 6.64. The summed E-state index contributed by atoms with van der Waals surface area (Å²) in [6, 6.07) is 6.34. The van der Waals surface area contributed by atoms with Gasteiger partial charge in [-0.05, 0) is 95.5 Å². The highest BCUT2D eigenvalue weighted by Gasteiger charge is 2.25. The van der Waals surface area contributed by atoms with Crippen LogP contribution in [0.3, 0.4) is 0 Å². The number of nitrogens with two attached hydrogens (primary N) is 1. The van der Waals surface area contributed by atoms with Crippen molar-refractivity contribution in [1.82, 2.24) is 20.3 Å². The Kier molecular flexibility index (Phi) is 8.07. The molecule has 1 unspecified atom stereocenters. The fourth-order valence-electron chi connectivity index (χ4n) is 5.16. The van der Waals surface area contributed by atoms with Gasteiger partial charge in [-0.2, -0.15) is 0 Å². The van der Waals surface area contributed by atoms with Crippen LogP contribution in [0.4, 0.5) is 5.69 Å². The molecule has 0 bridgehead atoms. The van der Waals surface area contributed by atoms with Gasteiger partial charge in [-0.3, -0.25) is 19.6 Å². The predicted octanol–water partition coefficient (Wildman–Crippen LogP) is 4.31. The number of amides is 1. The third kappa shape index (κ3) is 6.25. The summed E-state index contributed by atoms with van der Waals surface area (Å²) in [6.45, 7) is 9.92. The third-order valence-corrected chi connectivity index (χ3v) is 7.56. The summed E-state index contributed by atoms with van der Waals surface area (Å²) in [4.78, 5) is 37.6. The van der Waals surface area contributed by atoms with Crippen molar-refractivity contribution in [1.29, 1.82) is 0 Å². The normalized spacial score (nSPS) is 18.3. The molecule has 0 aliphatic heterocycles. The van der Waals surface area contributed by atoms with Crippen LogP contribution in [0.15, 0.2) is 35.4 Å². The first kappa shape index (κ1) is 26.5. The van der Waals surface area contributed by atoms with E-state index in [2.05, 4.69) is 32.5 Å². The van der Waals surface area contributed by atoms with E-state index in [9.17, 15) is 9.59 Å². The molecule has 8 heteroatoms. The number of carbonyl (C=O) groups excluding carboxylic acids is 1. The molecule has 1 aliphatic rings. The van der Waals surface area contributed by atoms with Gasteiger partial charge in [-0.1, -0.05) is 0 Å². The van der Waals surface area contributed by atoms with Gasteiger partial charge in [0.2, 0.25) is 0 Å². The van der Waals surface area contributed by atoms with Crippen LogP contribution < -0.4 is 21.9 Å². The first-order valence-electron chi connectivity index (χ1n) is 13.1. The predicted molar refractivity (Wildman–Crippen MR) is 148 cm³/mol. The van der Waals surface area contributed by atoms with Gasteiger partial charge in [0.25, 0.3) is 11.5 Å². The van der Waals surface area contributed by atoms with Gasteiger partial charge in [-0.25, -0.2) is 0 Å². The highest BCUT2D eigenvalue weighted by Crippen LogP contribution is 2.32. The molecule has 2 heterocycles. The summed E-state index contributed by atoms with van der Waals surface area (Å²) in [7, 11) is 0. The molecule has 0 radical (unpaired) electrons. The molecule has 1 saturated carbocycles. The molecule has 196 valence electrons. The second-order valence-electron chi connectivity index (χ2n) is 10.5. The first-order valence-corrected chi connectivity index (χ1v) is 13.1. The molecular weight excluding hydrogens is 464 g/mol. The van der Waals surface area contributed by atoms with E-state index in [0.29, 0.717) is 28.8 Å². The van der Waals surface area contributed by atoms with Crippen LogP contribution in [0, 0.1) is 33.6 Å².